The van der Waals surface area contributed by atoms with Crippen molar-refractivity contribution in [3.63, 3.8) is 0 Å². The van der Waals surface area contributed by atoms with Crippen molar-refractivity contribution in [2.75, 3.05) is 6.61 Å². The lowest BCUT2D eigenvalue weighted by atomic mass is 10.2. The van der Waals surface area contributed by atoms with Gasteiger partial charge < -0.3 is 14.8 Å². The van der Waals surface area contributed by atoms with Gasteiger partial charge in [0, 0.05) is 6.08 Å². The molecule has 1 N–H and O–H groups in total. The topological polar surface area (TPSA) is 65.4 Å². The number of fused-ring (bicyclic) bond motifs is 1. The van der Waals surface area contributed by atoms with Crippen LogP contribution in [0.2, 0.25) is 0 Å². The number of nitrogens with one attached hydrogen (secondary N) is 1. The van der Waals surface area contributed by atoms with Crippen LogP contribution in [0.15, 0.2) is 48.5 Å². The molecule has 0 bridgehead atoms. The Morgan fingerprint density at radius 3 is 2.59 bits per heavy atom. The molecule has 0 radical (unpaired) electrons. The van der Waals surface area contributed by atoms with Crippen LogP contribution in [0.25, 0.3) is 17.1 Å². The van der Waals surface area contributed by atoms with Crippen molar-refractivity contribution < 1.29 is 31.8 Å². The summed E-state index contributed by atoms with van der Waals surface area (Å²) in [6, 6.07) is 9.90. The number of rotatable bonds is 9. The Hall–Kier alpha value is -3.56. The molecule has 1 amide bonds. The number of hydrogen-bond donors (Lipinski definition) is 1. The van der Waals surface area contributed by atoms with Crippen molar-refractivity contribution in [2.45, 2.75) is 33.1 Å². The molecule has 0 aliphatic carbocycles. The number of benzene rings is 2. The minimum atomic E-state index is -3.00. The van der Waals surface area contributed by atoms with Crippen LogP contribution in [-0.2, 0) is 4.79 Å². The molecule has 3 rings (SSSR count). The standard InChI is InChI=1S/C22H21F4N3O3/c1-3-31-18-12-14(8-10-17(18)32-22(25)26)9-11-19(30)27-13(2)20-28-15-6-4-5-7-16(15)29(20)21(23)24/h4-13,21-22H,3H2,1-2H3,(H,27,30)/b11-9+. The monoisotopic (exact) mass is 451 g/mol. The average molecular weight is 451 g/mol. The number of halogens is 4. The molecule has 10 heteroatoms. The predicted molar refractivity (Wildman–Crippen MR) is 111 cm³/mol. The van der Waals surface area contributed by atoms with E-state index in [1.165, 1.54) is 36.4 Å². The van der Waals surface area contributed by atoms with Crippen LogP contribution in [-0.4, -0.2) is 28.7 Å². The van der Waals surface area contributed by atoms with E-state index < -0.39 is 25.1 Å². The fourth-order valence-electron chi connectivity index (χ4n) is 3.16. The van der Waals surface area contributed by atoms with Gasteiger partial charge in [-0.05, 0) is 49.8 Å². The van der Waals surface area contributed by atoms with Gasteiger partial charge in [-0.15, -0.1) is 0 Å². The van der Waals surface area contributed by atoms with Gasteiger partial charge in [0.25, 0.3) is 0 Å². The van der Waals surface area contributed by atoms with Gasteiger partial charge in [0.2, 0.25) is 5.91 Å². The summed E-state index contributed by atoms with van der Waals surface area (Å²) in [5.41, 5.74) is 1.16. The molecule has 0 saturated carbocycles. The minimum Gasteiger partial charge on any atom is -0.490 e. The van der Waals surface area contributed by atoms with E-state index in [1.54, 1.807) is 32.0 Å². The third-order valence-electron chi connectivity index (χ3n) is 4.48. The van der Waals surface area contributed by atoms with Crippen LogP contribution in [0.1, 0.15) is 37.8 Å². The Morgan fingerprint density at radius 1 is 1.16 bits per heavy atom. The lowest BCUT2D eigenvalue weighted by molar-refractivity contribution is -0.117. The molecule has 32 heavy (non-hydrogen) atoms. The number of para-hydroxylation sites is 2. The predicted octanol–water partition coefficient (Wildman–Crippen LogP) is 5.32. The molecule has 0 aliphatic heterocycles. The fraction of sp³-hybridized carbons (Fsp3) is 0.273. The van der Waals surface area contributed by atoms with Crippen molar-refractivity contribution in [1.29, 1.82) is 0 Å². The first-order valence-electron chi connectivity index (χ1n) is 9.75. The maximum absolute atomic E-state index is 13.6. The third kappa shape index (κ3) is 5.37. The van der Waals surface area contributed by atoms with E-state index in [2.05, 4.69) is 15.0 Å². The quantitative estimate of drug-likeness (QED) is 0.353. The van der Waals surface area contributed by atoms with Crippen LogP contribution in [0.3, 0.4) is 0 Å². The summed E-state index contributed by atoms with van der Waals surface area (Å²) in [5.74, 6) is -0.538. The maximum atomic E-state index is 13.6. The van der Waals surface area contributed by atoms with E-state index in [1.807, 2.05) is 0 Å². The van der Waals surface area contributed by atoms with Gasteiger partial charge in [0.1, 0.15) is 5.82 Å². The second-order valence-corrected chi connectivity index (χ2v) is 6.69. The number of nitrogens with zero attached hydrogens (tertiary/aromatic N) is 2. The zero-order valence-corrected chi connectivity index (χ0v) is 17.3. The number of imidazole rings is 1. The molecule has 0 aliphatic rings. The lowest BCUT2D eigenvalue weighted by Gasteiger charge is -2.15. The van der Waals surface area contributed by atoms with Gasteiger partial charge in [-0.25, -0.2) is 4.98 Å². The third-order valence-corrected chi connectivity index (χ3v) is 4.48. The molecule has 0 fully saturated rings. The smallest absolute Gasteiger partial charge is 0.387 e. The first-order valence-corrected chi connectivity index (χ1v) is 9.75. The van der Waals surface area contributed by atoms with Crippen molar-refractivity contribution in [3.05, 3.63) is 59.9 Å². The molecular formula is C22H21F4N3O3. The average Bonchev–Trinajstić information content (AvgIpc) is 3.14. The molecule has 1 unspecified atom stereocenters. The Bertz CT molecular complexity index is 1110. The summed E-state index contributed by atoms with van der Waals surface area (Å²) in [4.78, 5) is 16.6. The molecule has 1 atom stereocenters. The van der Waals surface area contributed by atoms with Crippen LogP contribution >= 0.6 is 0 Å². The fourth-order valence-corrected chi connectivity index (χ4v) is 3.16. The highest BCUT2D eigenvalue weighted by molar-refractivity contribution is 5.92. The second kappa shape index (κ2) is 10.2. The Kier molecular flexibility index (Phi) is 7.34. The SMILES string of the molecule is CCOc1cc(/C=C/C(=O)NC(C)c2nc3ccccc3n2C(F)F)ccc1OC(F)F. The molecule has 1 aromatic heterocycles. The molecule has 6 nitrogen and oxygen atoms in total. The molecular weight excluding hydrogens is 430 g/mol. The van der Waals surface area contributed by atoms with Gasteiger partial charge in [0.15, 0.2) is 11.5 Å². The van der Waals surface area contributed by atoms with Crippen LogP contribution in [0, 0.1) is 0 Å². The first-order chi connectivity index (χ1) is 15.3. The normalized spacial score (nSPS) is 12.6. The van der Waals surface area contributed by atoms with E-state index in [0.29, 0.717) is 11.1 Å². The van der Waals surface area contributed by atoms with Gasteiger partial charge in [-0.3, -0.25) is 9.36 Å². The van der Waals surface area contributed by atoms with E-state index in [9.17, 15) is 22.4 Å². The Morgan fingerprint density at radius 2 is 1.91 bits per heavy atom. The maximum Gasteiger partial charge on any atom is 0.387 e. The van der Waals surface area contributed by atoms with Crippen molar-refractivity contribution in [1.82, 2.24) is 14.9 Å². The summed E-state index contributed by atoms with van der Waals surface area (Å²) in [7, 11) is 0. The molecule has 3 aromatic rings. The lowest BCUT2D eigenvalue weighted by Crippen LogP contribution is -2.27. The van der Waals surface area contributed by atoms with Crippen LogP contribution in [0.4, 0.5) is 17.6 Å². The minimum absolute atomic E-state index is 0.0232. The molecule has 1 heterocycles. The zero-order valence-electron chi connectivity index (χ0n) is 17.3. The number of ether oxygens (including phenoxy) is 2. The summed E-state index contributed by atoms with van der Waals surface area (Å²) in [5, 5.41) is 2.60. The molecule has 170 valence electrons. The van der Waals surface area contributed by atoms with Gasteiger partial charge in [-0.1, -0.05) is 18.2 Å². The largest absolute Gasteiger partial charge is 0.490 e. The van der Waals surface area contributed by atoms with Crippen LogP contribution in [0.5, 0.6) is 11.5 Å². The van der Waals surface area contributed by atoms with Crippen molar-refractivity contribution in [2.24, 2.45) is 0 Å². The van der Waals surface area contributed by atoms with Gasteiger partial charge in [0.05, 0.1) is 23.7 Å². The molecule has 0 spiro atoms. The Labute approximate surface area is 181 Å². The van der Waals surface area contributed by atoms with E-state index in [-0.39, 0.29) is 29.4 Å². The molecule has 2 aromatic carbocycles. The zero-order chi connectivity index (χ0) is 23.3. The highest BCUT2D eigenvalue weighted by Gasteiger charge is 2.22. The van der Waals surface area contributed by atoms with E-state index in [0.717, 1.165) is 4.57 Å². The molecule has 0 saturated heterocycles. The Balaban J connectivity index is 1.75. The van der Waals surface area contributed by atoms with E-state index in [4.69, 9.17) is 4.74 Å². The number of alkyl halides is 4. The van der Waals surface area contributed by atoms with Gasteiger partial charge >= 0.3 is 13.2 Å². The number of carbonyl (C=O) groups is 1. The van der Waals surface area contributed by atoms with Crippen molar-refractivity contribution >= 4 is 23.0 Å². The first kappa shape index (κ1) is 23.1. The highest BCUT2D eigenvalue weighted by Crippen LogP contribution is 2.30. The van der Waals surface area contributed by atoms with Crippen LogP contribution < -0.4 is 14.8 Å². The summed E-state index contributed by atoms with van der Waals surface area (Å²) in [6.45, 7) is -2.35. The van der Waals surface area contributed by atoms with Crippen molar-refractivity contribution in [3.8, 4) is 11.5 Å². The highest BCUT2D eigenvalue weighted by atomic mass is 19.3. The second-order valence-electron chi connectivity index (χ2n) is 6.69. The number of hydrogen-bond acceptors (Lipinski definition) is 4. The van der Waals surface area contributed by atoms with Gasteiger partial charge in [-0.2, -0.15) is 17.6 Å². The summed E-state index contributed by atoms with van der Waals surface area (Å²) < 4.78 is 62.7. The number of carbonyl (C=O) groups excluding carboxylic acids is 1. The summed E-state index contributed by atoms with van der Waals surface area (Å²) in [6.07, 6.45) is 2.64. The number of amides is 1. The number of aromatic nitrogens is 2. The summed E-state index contributed by atoms with van der Waals surface area (Å²) >= 11 is 0. The van der Waals surface area contributed by atoms with E-state index >= 15 is 0 Å².